The zero-order chi connectivity index (χ0) is 8.27. The minimum absolute atomic E-state index is 0.613. The molecule has 1 radical (unpaired) electrons. The molecule has 1 aliphatic heterocycles. The van der Waals surface area contributed by atoms with Crippen LogP contribution < -0.4 is 0 Å². The standard InChI is InChI=1S/C9H17OSi/c1-8(2)9(3)11-7-5-4-6-10-11/h8H,3-7H2,1-2H3. The van der Waals surface area contributed by atoms with Crippen molar-refractivity contribution >= 4 is 9.04 Å². The van der Waals surface area contributed by atoms with Crippen LogP contribution in [0.15, 0.2) is 11.8 Å². The van der Waals surface area contributed by atoms with Crippen molar-refractivity contribution in [3.63, 3.8) is 0 Å². The summed E-state index contributed by atoms with van der Waals surface area (Å²) in [7, 11) is -0.620. The second kappa shape index (κ2) is 4.07. The average molecular weight is 169 g/mol. The highest BCUT2D eigenvalue weighted by Crippen LogP contribution is 2.20. The van der Waals surface area contributed by atoms with E-state index in [4.69, 9.17) is 4.43 Å². The molecule has 0 spiro atoms. The molecule has 0 bridgehead atoms. The van der Waals surface area contributed by atoms with Crippen molar-refractivity contribution in [1.29, 1.82) is 0 Å². The summed E-state index contributed by atoms with van der Waals surface area (Å²) in [4.78, 5) is 0. The number of allylic oxidation sites excluding steroid dienone is 1. The molecule has 0 aliphatic carbocycles. The zero-order valence-electron chi connectivity index (χ0n) is 7.52. The maximum atomic E-state index is 5.70. The van der Waals surface area contributed by atoms with E-state index in [2.05, 4.69) is 20.4 Å². The summed E-state index contributed by atoms with van der Waals surface area (Å²) < 4.78 is 5.70. The Bertz CT molecular complexity index is 136. The van der Waals surface area contributed by atoms with Crippen molar-refractivity contribution in [3.05, 3.63) is 11.8 Å². The van der Waals surface area contributed by atoms with Gasteiger partial charge in [-0.15, -0.1) is 6.58 Å². The van der Waals surface area contributed by atoms with Crippen LogP contribution in [0.1, 0.15) is 26.7 Å². The van der Waals surface area contributed by atoms with Gasteiger partial charge in [0.25, 0.3) is 0 Å². The molecular formula is C9H17OSi. The van der Waals surface area contributed by atoms with Gasteiger partial charge in [0.2, 0.25) is 9.04 Å². The fourth-order valence-corrected chi connectivity index (χ4v) is 3.49. The van der Waals surface area contributed by atoms with E-state index in [0.717, 1.165) is 6.61 Å². The minimum atomic E-state index is -0.620. The normalized spacial score (nSPS) is 20.6. The topological polar surface area (TPSA) is 9.23 Å². The molecular weight excluding hydrogens is 152 g/mol. The van der Waals surface area contributed by atoms with Crippen LogP contribution in [-0.4, -0.2) is 15.6 Å². The van der Waals surface area contributed by atoms with Gasteiger partial charge in [0.1, 0.15) is 0 Å². The third-order valence-electron chi connectivity index (χ3n) is 2.13. The first kappa shape index (κ1) is 9.01. The summed E-state index contributed by atoms with van der Waals surface area (Å²) in [5.74, 6) is 0.613. The monoisotopic (exact) mass is 169 g/mol. The molecule has 0 N–H and O–H groups in total. The quantitative estimate of drug-likeness (QED) is 0.577. The van der Waals surface area contributed by atoms with Crippen LogP contribution in [0.4, 0.5) is 0 Å². The largest absolute Gasteiger partial charge is 0.412 e. The fourth-order valence-electron chi connectivity index (χ4n) is 1.23. The maximum absolute atomic E-state index is 5.70. The van der Waals surface area contributed by atoms with E-state index < -0.39 is 9.04 Å². The molecule has 1 rings (SSSR count). The summed E-state index contributed by atoms with van der Waals surface area (Å²) in [5.41, 5.74) is 0. The molecule has 2 heteroatoms. The van der Waals surface area contributed by atoms with Gasteiger partial charge >= 0.3 is 0 Å². The van der Waals surface area contributed by atoms with Crippen LogP contribution in [0.3, 0.4) is 0 Å². The smallest absolute Gasteiger partial charge is 0.242 e. The molecule has 1 heterocycles. The average Bonchev–Trinajstić information content (AvgIpc) is 2.05. The highest BCUT2D eigenvalue weighted by Gasteiger charge is 2.21. The van der Waals surface area contributed by atoms with Gasteiger partial charge < -0.3 is 4.43 Å². The molecule has 1 aliphatic rings. The van der Waals surface area contributed by atoms with Crippen molar-refractivity contribution in [1.82, 2.24) is 0 Å². The Kier molecular flexibility index (Phi) is 3.33. The second-order valence-corrected chi connectivity index (χ2v) is 5.69. The van der Waals surface area contributed by atoms with Crippen LogP contribution in [0, 0.1) is 5.92 Å². The van der Waals surface area contributed by atoms with Gasteiger partial charge in [-0.3, -0.25) is 0 Å². The van der Waals surface area contributed by atoms with E-state index in [0.29, 0.717) is 5.92 Å². The highest BCUT2D eigenvalue weighted by atomic mass is 28.3. The summed E-state index contributed by atoms with van der Waals surface area (Å²) in [5, 5.41) is 1.37. The lowest BCUT2D eigenvalue weighted by molar-refractivity contribution is 0.290. The molecule has 0 saturated carbocycles. The number of hydrogen-bond donors (Lipinski definition) is 0. The van der Waals surface area contributed by atoms with E-state index in [1.54, 1.807) is 0 Å². The molecule has 0 aromatic heterocycles. The van der Waals surface area contributed by atoms with E-state index in [1.807, 2.05) is 0 Å². The van der Waals surface area contributed by atoms with Gasteiger partial charge in [0.05, 0.1) is 0 Å². The van der Waals surface area contributed by atoms with Gasteiger partial charge in [0.15, 0.2) is 0 Å². The summed E-state index contributed by atoms with van der Waals surface area (Å²) in [6.07, 6.45) is 2.60. The SMILES string of the molecule is C=C(C(C)C)[Si]1CCCCO1. The van der Waals surface area contributed by atoms with E-state index >= 15 is 0 Å². The van der Waals surface area contributed by atoms with E-state index in [1.165, 1.54) is 24.1 Å². The minimum Gasteiger partial charge on any atom is -0.412 e. The summed E-state index contributed by atoms with van der Waals surface area (Å²) >= 11 is 0. The maximum Gasteiger partial charge on any atom is 0.242 e. The first-order valence-electron chi connectivity index (χ1n) is 4.39. The molecule has 0 atom stereocenters. The van der Waals surface area contributed by atoms with Crippen LogP contribution >= 0.6 is 0 Å². The van der Waals surface area contributed by atoms with Crippen molar-refractivity contribution in [2.45, 2.75) is 32.7 Å². The Morgan fingerprint density at radius 3 is 2.64 bits per heavy atom. The lowest BCUT2D eigenvalue weighted by Gasteiger charge is -2.23. The number of rotatable bonds is 2. The Hall–Kier alpha value is -0.0831. The predicted molar refractivity (Wildman–Crippen MR) is 49.7 cm³/mol. The molecule has 63 valence electrons. The zero-order valence-corrected chi connectivity index (χ0v) is 8.52. The molecule has 11 heavy (non-hydrogen) atoms. The molecule has 0 aromatic rings. The van der Waals surface area contributed by atoms with Gasteiger partial charge in [-0.1, -0.05) is 25.5 Å². The number of hydrogen-bond acceptors (Lipinski definition) is 1. The first-order valence-corrected chi connectivity index (χ1v) is 6.01. The van der Waals surface area contributed by atoms with Crippen molar-refractivity contribution in [3.8, 4) is 0 Å². The Balaban J connectivity index is 2.39. The predicted octanol–water partition coefficient (Wildman–Crippen LogP) is 2.54. The Morgan fingerprint density at radius 1 is 1.45 bits per heavy atom. The van der Waals surface area contributed by atoms with Crippen molar-refractivity contribution in [2.75, 3.05) is 6.61 Å². The van der Waals surface area contributed by atoms with Crippen LogP contribution in [-0.2, 0) is 4.43 Å². The van der Waals surface area contributed by atoms with Gasteiger partial charge in [0, 0.05) is 6.61 Å². The lowest BCUT2D eigenvalue weighted by atomic mass is 10.2. The molecule has 0 unspecified atom stereocenters. The first-order chi connectivity index (χ1) is 5.22. The third kappa shape index (κ3) is 2.45. The molecule has 1 saturated heterocycles. The van der Waals surface area contributed by atoms with Gasteiger partial charge in [-0.2, -0.15) is 0 Å². The molecule has 1 nitrogen and oxygen atoms in total. The molecule has 0 aromatic carbocycles. The lowest BCUT2D eigenvalue weighted by Crippen LogP contribution is -2.27. The van der Waals surface area contributed by atoms with E-state index in [-0.39, 0.29) is 0 Å². The van der Waals surface area contributed by atoms with Crippen LogP contribution in [0.2, 0.25) is 6.04 Å². The van der Waals surface area contributed by atoms with E-state index in [9.17, 15) is 0 Å². The van der Waals surface area contributed by atoms with Crippen molar-refractivity contribution < 1.29 is 4.43 Å². The Morgan fingerprint density at radius 2 is 2.18 bits per heavy atom. The van der Waals surface area contributed by atoms with Crippen LogP contribution in [0.5, 0.6) is 0 Å². The Labute approximate surface area is 71.2 Å². The van der Waals surface area contributed by atoms with Gasteiger partial charge in [-0.05, 0) is 18.4 Å². The third-order valence-corrected chi connectivity index (χ3v) is 4.78. The fraction of sp³-hybridized carbons (Fsp3) is 0.778. The molecule has 1 fully saturated rings. The molecule has 0 amide bonds. The van der Waals surface area contributed by atoms with Crippen molar-refractivity contribution in [2.24, 2.45) is 5.92 Å². The second-order valence-electron chi connectivity index (χ2n) is 3.41. The van der Waals surface area contributed by atoms with Gasteiger partial charge in [-0.25, -0.2) is 0 Å². The summed E-state index contributed by atoms with van der Waals surface area (Å²) in [6.45, 7) is 9.48. The van der Waals surface area contributed by atoms with Crippen LogP contribution in [0.25, 0.3) is 0 Å². The summed E-state index contributed by atoms with van der Waals surface area (Å²) in [6, 6.07) is 1.28. The highest BCUT2D eigenvalue weighted by molar-refractivity contribution is 6.60.